The van der Waals surface area contributed by atoms with E-state index < -0.39 is 0 Å². The third-order valence-electron chi connectivity index (χ3n) is 2.29. The summed E-state index contributed by atoms with van der Waals surface area (Å²) in [6, 6.07) is 0. The number of allylic oxidation sites excluding steroid dienone is 2. The lowest BCUT2D eigenvalue weighted by Crippen LogP contribution is -2.19. The van der Waals surface area contributed by atoms with Gasteiger partial charge in [-0.1, -0.05) is 19.9 Å². The topological polar surface area (TPSA) is 12.0 Å². The molecule has 58 valence electrons. The van der Waals surface area contributed by atoms with Gasteiger partial charge in [-0.2, -0.15) is 0 Å². The van der Waals surface area contributed by atoms with Crippen molar-refractivity contribution in [2.45, 2.75) is 33.1 Å². The van der Waals surface area contributed by atoms with Crippen LogP contribution < -0.4 is 5.32 Å². The molecule has 0 aromatic carbocycles. The number of nitrogens with one attached hydrogen (secondary N) is 1. The largest absolute Gasteiger partial charge is 0.392 e. The summed E-state index contributed by atoms with van der Waals surface area (Å²) in [6.45, 7) is 4.66. The van der Waals surface area contributed by atoms with Crippen molar-refractivity contribution >= 4 is 0 Å². The first-order valence-corrected chi connectivity index (χ1v) is 4.01. The Bertz CT molecular complexity index is 145. The molecule has 1 aliphatic rings. The maximum absolute atomic E-state index is 3.20. The molecule has 0 unspecified atom stereocenters. The SMILES string of the molecule is CNC1=CCC(C)(C)CC1. The molecule has 1 nitrogen and oxygen atoms in total. The molecule has 0 aromatic rings. The molecule has 10 heavy (non-hydrogen) atoms. The van der Waals surface area contributed by atoms with Gasteiger partial charge in [-0.3, -0.25) is 0 Å². The van der Waals surface area contributed by atoms with Gasteiger partial charge in [0.25, 0.3) is 0 Å². The molecule has 0 aliphatic heterocycles. The van der Waals surface area contributed by atoms with Gasteiger partial charge < -0.3 is 5.32 Å². The third-order valence-corrected chi connectivity index (χ3v) is 2.29. The van der Waals surface area contributed by atoms with E-state index in [1.54, 1.807) is 0 Å². The zero-order valence-corrected chi connectivity index (χ0v) is 7.20. The van der Waals surface area contributed by atoms with Crippen LogP contribution in [-0.2, 0) is 0 Å². The van der Waals surface area contributed by atoms with Crippen molar-refractivity contribution in [1.82, 2.24) is 5.32 Å². The quantitative estimate of drug-likeness (QED) is 0.587. The van der Waals surface area contributed by atoms with Gasteiger partial charge in [0, 0.05) is 12.7 Å². The van der Waals surface area contributed by atoms with Crippen molar-refractivity contribution in [1.29, 1.82) is 0 Å². The highest BCUT2D eigenvalue weighted by molar-refractivity contribution is 5.05. The van der Waals surface area contributed by atoms with E-state index in [1.165, 1.54) is 25.0 Å². The minimum Gasteiger partial charge on any atom is -0.392 e. The average molecular weight is 139 g/mol. The van der Waals surface area contributed by atoms with Crippen molar-refractivity contribution in [2.24, 2.45) is 5.41 Å². The van der Waals surface area contributed by atoms with E-state index in [2.05, 4.69) is 25.2 Å². The molecule has 0 atom stereocenters. The summed E-state index contributed by atoms with van der Waals surface area (Å²) < 4.78 is 0. The van der Waals surface area contributed by atoms with Crippen molar-refractivity contribution in [2.75, 3.05) is 7.05 Å². The lowest BCUT2D eigenvalue weighted by atomic mass is 9.80. The molecule has 0 aromatic heterocycles. The molecular formula is C9H17N. The summed E-state index contributed by atoms with van der Waals surface area (Å²) in [7, 11) is 2.00. The predicted molar refractivity (Wildman–Crippen MR) is 44.8 cm³/mol. The average Bonchev–Trinajstić information content (AvgIpc) is 1.88. The summed E-state index contributed by atoms with van der Waals surface area (Å²) in [4.78, 5) is 0. The summed E-state index contributed by atoms with van der Waals surface area (Å²) in [5.74, 6) is 0. The molecule has 1 rings (SSSR count). The van der Waals surface area contributed by atoms with Crippen LogP contribution in [-0.4, -0.2) is 7.05 Å². The van der Waals surface area contributed by atoms with Gasteiger partial charge >= 0.3 is 0 Å². The van der Waals surface area contributed by atoms with Gasteiger partial charge in [0.2, 0.25) is 0 Å². The first-order valence-electron chi connectivity index (χ1n) is 4.01. The smallest absolute Gasteiger partial charge is 0.00639 e. The molecular weight excluding hydrogens is 122 g/mol. The summed E-state index contributed by atoms with van der Waals surface area (Å²) in [6.07, 6.45) is 6.09. The van der Waals surface area contributed by atoms with Crippen molar-refractivity contribution in [3.63, 3.8) is 0 Å². The highest BCUT2D eigenvalue weighted by Gasteiger charge is 2.20. The lowest BCUT2D eigenvalue weighted by molar-refractivity contribution is 0.320. The number of hydrogen-bond acceptors (Lipinski definition) is 1. The van der Waals surface area contributed by atoms with Crippen LogP contribution in [0.15, 0.2) is 11.8 Å². The first kappa shape index (κ1) is 7.64. The third kappa shape index (κ3) is 1.76. The van der Waals surface area contributed by atoms with Gasteiger partial charge in [-0.05, 0) is 24.7 Å². The van der Waals surface area contributed by atoms with Gasteiger partial charge in [-0.15, -0.1) is 0 Å². The van der Waals surface area contributed by atoms with E-state index in [1.807, 2.05) is 7.05 Å². The van der Waals surface area contributed by atoms with Crippen LogP contribution in [0.1, 0.15) is 33.1 Å². The monoisotopic (exact) mass is 139 g/mol. The second-order valence-electron chi connectivity index (χ2n) is 3.85. The standard InChI is InChI=1S/C9H17N/c1-9(2)6-4-8(10-3)5-7-9/h4,10H,5-7H2,1-3H3. The van der Waals surface area contributed by atoms with Gasteiger partial charge in [-0.25, -0.2) is 0 Å². The van der Waals surface area contributed by atoms with E-state index in [9.17, 15) is 0 Å². The van der Waals surface area contributed by atoms with Gasteiger partial charge in [0.1, 0.15) is 0 Å². The fraction of sp³-hybridized carbons (Fsp3) is 0.778. The van der Waals surface area contributed by atoms with Crippen LogP contribution in [0.4, 0.5) is 0 Å². The van der Waals surface area contributed by atoms with Crippen LogP contribution in [0.25, 0.3) is 0 Å². The predicted octanol–water partition coefficient (Wildman–Crippen LogP) is 2.30. The van der Waals surface area contributed by atoms with E-state index in [0.717, 1.165) is 0 Å². The number of rotatable bonds is 1. The van der Waals surface area contributed by atoms with E-state index in [-0.39, 0.29) is 0 Å². The van der Waals surface area contributed by atoms with Crippen LogP contribution in [0, 0.1) is 5.41 Å². The molecule has 0 bridgehead atoms. The Morgan fingerprint density at radius 2 is 2.20 bits per heavy atom. The van der Waals surface area contributed by atoms with E-state index in [4.69, 9.17) is 0 Å². The minimum absolute atomic E-state index is 0.542. The van der Waals surface area contributed by atoms with Crippen LogP contribution in [0.2, 0.25) is 0 Å². The molecule has 0 amide bonds. The zero-order chi connectivity index (χ0) is 7.61. The first-order chi connectivity index (χ1) is 4.64. The van der Waals surface area contributed by atoms with E-state index >= 15 is 0 Å². The Morgan fingerprint density at radius 1 is 1.50 bits per heavy atom. The molecule has 0 fully saturated rings. The fourth-order valence-corrected chi connectivity index (χ4v) is 1.30. The Kier molecular flexibility index (Phi) is 2.02. The molecule has 0 spiro atoms. The lowest BCUT2D eigenvalue weighted by Gasteiger charge is -2.28. The van der Waals surface area contributed by atoms with Crippen molar-refractivity contribution < 1.29 is 0 Å². The summed E-state index contributed by atoms with van der Waals surface area (Å²) >= 11 is 0. The Morgan fingerprint density at radius 3 is 2.60 bits per heavy atom. The molecule has 0 saturated carbocycles. The summed E-state index contributed by atoms with van der Waals surface area (Å²) in [5, 5.41) is 3.20. The zero-order valence-electron chi connectivity index (χ0n) is 7.20. The Hall–Kier alpha value is -0.460. The van der Waals surface area contributed by atoms with Crippen molar-refractivity contribution in [3.05, 3.63) is 11.8 Å². The van der Waals surface area contributed by atoms with Crippen LogP contribution in [0.5, 0.6) is 0 Å². The minimum atomic E-state index is 0.542. The van der Waals surface area contributed by atoms with Crippen LogP contribution >= 0.6 is 0 Å². The second kappa shape index (κ2) is 2.65. The number of hydrogen-bond donors (Lipinski definition) is 1. The second-order valence-corrected chi connectivity index (χ2v) is 3.85. The molecule has 0 radical (unpaired) electrons. The Labute approximate surface area is 63.5 Å². The highest BCUT2D eigenvalue weighted by atomic mass is 14.8. The van der Waals surface area contributed by atoms with Crippen LogP contribution in [0.3, 0.4) is 0 Å². The molecule has 1 N–H and O–H groups in total. The fourth-order valence-electron chi connectivity index (χ4n) is 1.30. The normalized spacial score (nSPS) is 23.7. The molecule has 1 heteroatoms. The molecule has 0 saturated heterocycles. The maximum Gasteiger partial charge on any atom is 0.00639 e. The van der Waals surface area contributed by atoms with Crippen molar-refractivity contribution in [3.8, 4) is 0 Å². The molecule has 0 heterocycles. The maximum atomic E-state index is 3.20. The van der Waals surface area contributed by atoms with Gasteiger partial charge in [0.15, 0.2) is 0 Å². The Balaban J connectivity index is 2.52. The molecule has 1 aliphatic carbocycles. The summed E-state index contributed by atoms with van der Waals surface area (Å²) in [5.41, 5.74) is 1.96. The highest BCUT2D eigenvalue weighted by Crippen LogP contribution is 2.32. The van der Waals surface area contributed by atoms with Gasteiger partial charge in [0.05, 0.1) is 0 Å². The van der Waals surface area contributed by atoms with E-state index in [0.29, 0.717) is 5.41 Å².